The molecule has 57 heavy (non-hydrogen) atoms. The molecule has 11 rings (SSSR count). The SMILES string of the molecule is c1ccc(-c2ccc(N(c3ccc(-c4cccc5c4-c4oc6ccccc6c4C5(c4ccccc4)c4ccccc4)cc3)c3ccc4ccccc4c3)cc2)cc1. The minimum absolute atomic E-state index is 0.561. The van der Waals surface area contributed by atoms with Gasteiger partial charge in [-0.3, -0.25) is 0 Å². The Balaban J connectivity index is 1.08. The van der Waals surface area contributed by atoms with Crippen LogP contribution in [0.2, 0.25) is 0 Å². The summed E-state index contributed by atoms with van der Waals surface area (Å²) in [4.78, 5) is 2.35. The second-order valence-corrected chi connectivity index (χ2v) is 14.8. The lowest BCUT2D eigenvalue weighted by Gasteiger charge is -2.33. The van der Waals surface area contributed by atoms with Crippen molar-refractivity contribution in [3.8, 4) is 33.6 Å². The zero-order valence-electron chi connectivity index (χ0n) is 31.2. The van der Waals surface area contributed by atoms with Crippen LogP contribution in [0.15, 0.2) is 229 Å². The van der Waals surface area contributed by atoms with Gasteiger partial charge in [-0.2, -0.15) is 0 Å². The first-order chi connectivity index (χ1) is 28.3. The summed E-state index contributed by atoms with van der Waals surface area (Å²) < 4.78 is 6.94. The normalized spacial score (nSPS) is 12.7. The van der Waals surface area contributed by atoms with E-state index in [0.29, 0.717) is 0 Å². The van der Waals surface area contributed by atoms with E-state index in [9.17, 15) is 0 Å². The largest absolute Gasteiger partial charge is 0.456 e. The molecule has 9 aromatic carbocycles. The molecule has 1 aliphatic carbocycles. The van der Waals surface area contributed by atoms with Crippen LogP contribution in [0.1, 0.15) is 22.3 Å². The third kappa shape index (κ3) is 5.26. The quantitative estimate of drug-likeness (QED) is 0.163. The van der Waals surface area contributed by atoms with Gasteiger partial charge in [-0.15, -0.1) is 0 Å². The Kier molecular flexibility index (Phi) is 7.75. The first kappa shape index (κ1) is 33.0. The Morgan fingerprint density at radius 3 is 1.61 bits per heavy atom. The van der Waals surface area contributed by atoms with Gasteiger partial charge in [-0.25, -0.2) is 0 Å². The predicted octanol–water partition coefficient (Wildman–Crippen LogP) is 14.8. The maximum Gasteiger partial charge on any atom is 0.141 e. The fourth-order valence-corrected chi connectivity index (χ4v) is 9.21. The van der Waals surface area contributed by atoms with E-state index >= 15 is 0 Å². The van der Waals surface area contributed by atoms with Crippen molar-refractivity contribution in [2.24, 2.45) is 0 Å². The van der Waals surface area contributed by atoms with Crippen LogP contribution in [-0.4, -0.2) is 0 Å². The topological polar surface area (TPSA) is 16.4 Å². The third-order valence-corrected chi connectivity index (χ3v) is 11.7. The van der Waals surface area contributed by atoms with Crippen molar-refractivity contribution in [3.05, 3.63) is 247 Å². The number of rotatable bonds is 7. The van der Waals surface area contributed by atoms with E-state index in [-0.39, 0.29) is 0 Å². The summed E-state index contributed by atoms with van der Waals surface area (Å²) in [6.07, 6.45) is 0. The molecule has 0 saturated carbocycles. The lowest BCUT2D eigenvalue weighted by Crippen LogP contribution is -2.28. The molecule has 0 fully saturated rings. The van der Waals surface area contributed by atoms with Gasteiger partial charge in [0.05, 0.1) is 5.41 Å². The average molecular weight is 728 g/mol. The van der Waals surface area contributed by atoms with Gasteiger partial charge in [0.2, 0.25) is 0 Å². The summed E-state index contributed by atoms with van der Waals surface area (Å²) in [7, 11) is 0. The minimum atomic E-state index is -0.561. The highest BCUT2D eigenvalue weighted by Crippen LogP contribution is 2.61. The highest BCUT2D eigenvalue weighted by Gasteiger charge is 2.50. The van der Waals surface area contributed by atoms with Crippen LogP contribution < -0.4 is 4.90 Å². The number of anilines is 3. The number of hydrogen-bond donors (Lipinski definition) is 0. The average Bonchev–Trinajstić information content (AvgIpc) is 3.81. The maximum absolute atomic E-state index is 6.94. The maximum atomic E-state index is 6.94. The standard InChI is InChI=1S/C55H37NO/c1-4-15-38(16-5-1)40-27-32-45(33-28-40)56(47-36-29-39-17-10-11-18-42(39)37-47)46-34-30-41(31-35-46)48-24-14-25-50-52(48)54-53(49-23-12-13-26-51(49)57-54)55(50,43-19-6-2-7-20-43)44-21-8-3-9-22-44/h1-37H. The molecular weight excluding hydrogens is 691 g/mol. The van der Waals surface area contributed by atoms with E-state index in [4.69, 9.17) is 4.42 Å². The fourth-order valence-electron chi connectivity index (χ4n) is 9.21. The zero-order chi connectivity index (χ0) is 37.8. The summed E-state index contributed by atoms with van der Waals surface area (Å²) in [5.41, 5.74) is 14.3. The molecule has 0 amide bonds. The predicted molar refractivity (Wildman–Crippen MR) is 237 cm³/mol. The minimum Gasteiger partial charge on any atom is -0.456 e. The molecular formula is C55H37NO. The first-order valence-electron chi connectivity index (χ1n) is 19.6. The van der Waals surface area contributed by atoms with Gasteiger partial charge in [-0.05, 0) is 92.2 Å². The summed E-state index contributed by atoms with van der Waals surface area (Å²) in [5.74, 6) is 0.940. The van der Waals surface area contributed by atoms with Crippen LogP contribution in [0.3, 0.4) is 0 Å². The second-order valence-electron chi connectivity index (χ2n) is 14.8. The van der Waals surface area contributed by atoms with Crippen molar-refractivity contribution >= 4 is 38.8 Å². The van der Waals surface area contributed by atoms with E-state index in [1.54, 1.807) is 0 Å². The van der Waals surface area contributed by atoms with E-state index in [2.05, 4.69) is 229 Å². The molecule has 0 unspecified atom stereocenters. The van der Waals surface area contributed by atoms with E-state index < -0.39 is 5.41 Å². The molecule has 1 heterocycles. The molecule has 1 aromatic heterocycles. The van der Waals surface area contributed by atoms with Gasteiger partial charge in [-0.1, -0.05) is 182 Å². The van der Waals surface area contributed by atoms with Crippen LogP contribution in [0, 0.1) is 0 Å². The summed E-state index contributed by atoms with van der Waals surface area (Å²) in [6.45, 7) is 0. The van der Waals surface area contributed by atoms with E-state index in [1.807, 2.05) is 0 Å². The van der Waals surface area contributed by atoms with E-state index in [0.717, 1.165) is 50.5 Å². The highest BCUT2D eigenvalue weighted by molar-refractivity contribution is 6.02. The monoisotopic (exact) mass is 727 g/mol. The second kappa shape index (κ2) is 13.4. The molecule has 0 N–H and O–H groups in total. The number of nitrogens with zero attached hydrogens (tertiary/aromatic N) is 1. The number of hydrogen-bond acceptors (Lipinski definition) is 2. The van der Waals surface area contributed by atoms with Gasteiger partial charge in [0.25, 0.3) is 0 Å². The van der Waals surface area contributed by atoms with Crippen LogP contribution in [0.5, 0.6) is 0 Å². The zero-order valence-corrected chi connectivity index (χ0v) is 31.2. The van der Waals surface area contributed by atoms with Gasteiger partial charge >= 0.3 is 0 Å². The lowest BCUT2D eigenvalue weighted by atomic mass is 9.67. The van der Waals surface area contributed by atoms with Crippen LogP contribution in [0.4, 0.5) is 17.1 Å². The van der Waals surface area contributed by atoms with Crippen LogP contribution in [-0.2, 0) is 5.41 Å². The molecule has 0 spiro atoms. The van der Waals surface area contributed by atoms with Crippen molar-refractivity contribution in [1.82, 2.24) is 0 Å². The van der Waals surface area contributed by atoms with Crippen molar-refractivity contribution < 1.29 is 4.42 Å². The number of fused-ring (bicyclic) bond motifs is 6. The highest BCUT2D eigenvalue weighted by atomic mass is 16.3. The van der Waals surface area contributed by atoms with Gasteiger partial charge < -0.3 is 9.32 Å². The molecule has 0 saturated heterocycles. The number of para-hydroxylation sites is 1. The molecule has 268 valence electrons. The van der Waals surface area contributed by atoms with Gasteiger partial charge in [0, 0.05) is 33.6 Å². The summed E-state index contributed by atoms with van der Waals surface area (Å²) >= 11 is 0. The number of furan rings is 1. The Bertz CT molecular complexity index is 3000. The molecule has 10 aromatic rings. The Morgan fingerprint density at radius 2 is 0.930 bits per heavy atom. The van der Waals surface area contributed by atoms with Crippen LogP contribution in [0.25, 0.3) is 55.3 Å². The fraction of sp³-hybridized carbons (Fsp3) is 0.0182. The van der Waals surface area contributed by atoms with Crippen molar-refractivity contribution in [2.75, 3.05) is 4.90 Å². The number of benzene rings is 9. The Labute approximate surface area is 332 Å². The molecule has 2 heteroatoms. The van der Waals surface area contributed by atoms with Crippen LogP contribution >= 0.6 is 0 Å². The molecule has 0 aliphatic heterocycles. The molecule has 0 atom stereocenters. The summed E-state index contributed by atoms with van der Waals surface area (Å²) in [5, 5.41) is 3.57. The lowest BCUT2D eigenvalue weighted by molar-refractivity contribution is 0.628. The molecule has 1 aliphatic rings. The van der Waals surface area contributed by atoms with Crippen molar-refractivity contribution in [1.29, 1.82) is 0 Å². The van der Waals surface area contributed by atoms with Gasteiger partial charge in [0.15, 0.2) is 0 Å². The Hall–Kier alpha value is -7.42. The first-order valence-corrected chi connectivity index (χ1v) is 19.6. The van der Waals surface area contributed by atoms with E-state index in [1.165, 1.54) is 44.2 Å². The molecule has 0 bridgehead atoms. The summed E-state index contributed by atoms with van der Waals surface area (Å²) in [6, 6.07) is 80.9. The molecule has 2 nitrogen and oxygen atoms in total. The van der Waals surface area contributed by atoms with Crippen molar-refractivity contribution in [2.45, 2.75) is 5.41 Å². The Morgan fingerprint density at radius 1 is 0.386 bits per heavy atom. The molecule has 0 radical (unpaired) electrons. The van der Waals surface area contributed by atoms with Gasteiger partial charge in [0.1, 0.15) is 11.3 Å². The third-order valence-electron chi connectivity index (χ3n) is 11.7. The smallest absolute Gasteiger partial charge is 0.141 e. The van der Waals surface area contributed by atoms with Crippen molar-refractivity contribution in [3.63, 3.8) is 0 Å².